The summed E-state index contributed by atoms with van der Waals surface area (Å²) in [4.78, 5) is 22.6. The van der Waals surface area contributed by atoms with E-state index in [9.17, 15) is 9.59 Å². The molecular formula is C22H28O4Sn. The van der Waals surface area contributed by atoms with Crippen molar-refractivity contribution in [2.24, 2.45) is 0 Å². The molecule has 2 aromatic carbocycles. The van der Waals surface area contributed by atoms with E-state index in [1.807, 2.05) is 36.4 Å². The molecule has 0 aromatic heterocycles. The minimum Gasteiger partial charge on any atom is -0.462 e. The van der Waals surface area contributed by atoms with Crippen molar-refractivity contribution in [1.82, 2.24) is 0 Å². The molecule has 0 heterocycles. The average Bonchev–Trinajstić information content (AvgIpc) is 2.70. The van der Waals surface area contributed by atoms with Gasteiger partial charge in [-0.05, 0) is 37.1 Å². The summed E-state index contributed by atoms with van der Waals surface area (Å²) in [5.74, 6) is -0.455. The summed E-state index contributed by atoms with van der Waals surface area (Å²) in [6.07, 6.45) is 3.95. The van der Waals surface area contributed by atoms with Gasteiger partial charge in [0.15, 0.2) is 0 Å². The van der Waals surface area contributed by atoms with Crippen LogP contribution in [0.2, 0.25) is 0 Å². The van der Waals surface area contributed by atoms with Gasteiger partial charge in [0, 0.05) is 23.9 Å². The molecule has 0 aliphatic rings. The quantitative estimate of drug-likeness (QED) is 0.310. The van der Waals surface area contributed by atoms with Crippen LogP contribution in [0, 0.1) is 0 Å². The van der Waals surface area contributed by atoms with Crippen LogP contribution in [0.3, 0.4) is 0 Å². The minimum absolute atomic E-state index is 0. The van der Waals surface area contributed by atoms with Crippen molar-refractivity contribution in [3.05, 3.63) is 71.8 Å². The molecule has 0 atom stereocenters. The number of carbonyl (C=O) groups is 2. The Balaban J connectivity index is 0.000000483. The third-order valence-corrected chi connectivity index (χ3v) is 3.48. The number of carbonyl (C=O) groups excluding carboxylic acids is 2. The van der Waals surface area contributed by atoms with Crippen molar-refractivity contribution in [3.8, 4) is 0 Å². The second kappa shape index (κ2) is 16.4. The Hall–Kier alpha value is -1.82. The number of rotatable bonds is 8. The number of ether oxygens (including phenoxy) is 2. The van der Waals surface area contributed by atoms with Gasteiger partial charge in [-0.15, -0.1) is 0 Å². The van der Waals surface area contributed by atoms with Crippen LogP contribution in [0.25, 0.3) is 0 Å². The van der Waals surface area contributed by atoms with Crippen molar-refractivity contribution in [2.45, 2.75) is 39.5 Å². The zero-order valence-electron chi connectivity index (χ0n) is 16.1. The van der Waals surface area contributed by atoms with Gasteiger partial charge in [-0.25, -0.2) is 9.59 Å². The molecule has 27 heavy (non-hydrogen) atoms. The first-order valence-electron chi connectivity index (χ1n) is 9.13. The Kier molecular flexibility index (Phi) is 15.3. The average molecular weight is 475 g/mol. The smallest absolute Gasteiger partial charge is 0.338 e. The van der Waals surface area contributed by atoms with E-state index in [1.165, 1.54) is 0 Å². The van der Waals surface area contributed by atoms with Crippen LogP contribution in [0.4, 0.5) is 0 Å². The van der Waals surface area contributed by atoms with E-state index >= 15 is 0 Å². The molecule has 5 heteroatoms. The maximum absolute atomic E-state index is 11.3. The van der Waals surface area contributed by atoms with Gasteiger partial charge in [0.05, 0.1) is 24.3 Å². The zero-order valence-corrected chi connectivity index (χ0v) is 19.0. The molecule has 0 N–H and O–H groups in total. The standard InChI is InChI=1S/2C11H14O2.Sn/c2*1-2-3-9-13-11(12)10-7-5-4-6-8-10;/h2*4-8H,2-3,9H2,1H3;. The van der Waals surface area contributed by atoms with Gasteiger partial charge >= 0.3 is 11.9 Å². The Morgan fingerprint density at radius 1 is 0.667 bits per heavy atom. The van der Waals surface area contributed by atoms with Crippen LogP contribution in [0.15, 0.2) is 60.7 Å². The molecular weight excluding hydrogens is 447 g/mol. The van der Waals surface area contributed by atoms with E-state index in [2.05, 4.69) is 13.8 Å². The van der Waals surface area contributed by atoms with Gasteiger partial charge in [-0.1, -0.05) is 63.1 Å². The maximum atomic E-state index is 11.3. The Bertz CT molecular complexity index is 572. The van der Waals surface area contributed by atoms with Crippen molar-refractivity contribution >= 4 is 35.8 Å². The SMILES string of the molecule is CCCCOC(=O)c1ccccc1.CCCCOC(=O)c1ccccc1.[Sn]. The van der Waals surface area contributed by atoms with E-state index in [1.54, 1.807) is 24.3 Å². The van der Waals surface area contributed by atoms with Gasteiger partial charge in [0.25, 0.3) is 0 Å². The topological polar surface area (TPSA) is 52.6 Å². The molecule has 0 saturated carbocycles. The van der Waals surface area contributed by atoms with Gasteiger partial charge in [0.2, 0.25) is 0 Å². The maximum Gasteiger partial charge on any atom is 0.338 e. The van der Waals surface area contributed by atoms with Crippen molar-refractivity contribution in [2.75, 3.05) is 13.2 Å². The summed E-state index contributed by atoms with van der Waals surface area (Å²) in [6, 6.07) is 18.1. The van der Waals surface area contributed by atoms with Crippen LogP contribution in [-0.2, 0) is 9.47 Å². The number of unbranched alkanes of at least 4 members (excludes halogenated alkanes) is 2. The predicted molar refractivity (Wildman–Crippen MR) is 109 cm³/mol. The van der Waals surface area contributed by atoms with Gasteiger partial charge < -0.3 is 9.47 Å². The van der Waals surface area contributed by atoms with Gasteiger partial charge in [-0.3, -0.25) is 0 Å². The number of benzene rings is 2. The number of hydrogen-bond donors (Lipinski definition) is 0. The van der Waals surface area contributed by atoms with Crippen LogP contribution in [0.1, 0.15) is 60.2 Å². The third-order valence-electron chi connectivity index (χ3n) is 3.48. The molecule has 144 valence electrons. The first-order chi connectivity index (χ1) is 12.7. The summed E-state index contributed by atoms with van der Waals surface area (Å²) in [6.45, 7) is 5.17. The van der Waals surface area contributed by atoms with E-state index in [4.69, 9.17) is 9.47 Å². The second-order valence-electron chi connectivity index (χ2n) is 5.71. The molecule has 0 saturated heterocycles. The molecule has 0 fully saturated rings. The molecule has 0 bridgehead atoms. The Labute approximate surface area is 179 Å². The summed E-state index contributed by atoms with van der Waals surface area (Å²) >= 11 is 0. The first-order valence-corrected chi connectivity index (χ1v) is 9.13. The van der Waals surface area contributed by atoms with E-state index in [-0.39, 0.29) is 35.8 Å². The molecule has 4 nitrogen and oxygen atoms in total. The molecule has 4 radical (unpaired) electrons. The van der Waals surface area contributed by atoms with Crippen molar-refractivity contribution in [3.63, 3.8) is 0 Å². The fourth-order valence-corrected chi connectivity index (χ4v) is 1.93. The van der Waals surface area contributed by atoms with Gasteiger partial charge in [0.1, 0.15) is 0 Å². The van der Waals surface area contributed by atoms with E-state index in [0.29, 0.717) is 24.3 Å². The molecule has 2 aromatic rings. The zero-order chi connectivity index (χ0) is 19.0. The molecule has 0 unspecified atom stereocenters. The molecule has 2 rings (SSSR count). The second-order valence-corrected chi connectivity index (χ2v) is 5.71. The van der Waals surface area contributed by atoms with Crippen molar-refractivity contribution in [1.29, 1.82) is 0 Å². The summed E-state index contributed by atoms with van der Waals surface area (Å²) in [5.41, 5.74) is 1.25. The Morgan fingerprint density at radius 2 is 1.00 bits per heavy atom. The largest absolute Gasteiger partial charge is 0.462 e. The fraction of sp³-hybridized carbons (Fsp3) is 0.364. The van der Waals surface area contributed by atoms with Crippen LogP contribution >= 0.6 is 0 Å². The summed E-state index contributed by atoms with van der Waals surface area (Å²) < 4.78 is 10.1. The van der Waals surface area contributed by atoms with E-state index < -0.39 is 0 Å². The summed E-state index contributed by atoms with van der Waals surface area (Å²) in [5, 5.41) is 0. The minimum atomic E-state index is -0.228. The molecule has 0 aliphatic heterocycles. The first kappa shape index (κ1) is 25.2. The normalized spacial score (nSPS) is 9.26. The molecule has 0 spiro atoms. The number of hydrogen-bond acceptors (Lipinski definition) is 4. The molecule has 0 amide bonds. The monoisotopic (exact) mass is 476 g/mol. The Morgan fingerprint density at radius 3 is 1.30 bits per heavy atom. The summed E-state index contributed by atoms with van der Waals surface area (Å²) in [7, 11) is 0. The fourth-order valence-electron chi connectivity index (χ4n) is 1.93. The van der Waals surface area contributed by atoms with Crippen LogP contribution in [-0.4, -0.2) is 49.1 Å². The predicted octanol–water partition coefficient (Wildman–Crippen LogP) is 4.91. The van der Waals surface area contributed by atoms with Crippen LogP contribution < -0.4 is 0 Å². The number of esters is 2. The third kappa shape index (κ3) is 11.5. The van der Waals surface area contributed by atoms with Gasteiger partial charge in [-0.2, -0.15) is 0 Å². The van der Waals surface area contributed by atoms with Crippen molar-refractivity contribution < 1.29 is 19.1 Å². The molecule has 0 aliphatic carbocycles. The van der Waals surface area contributed by atoms with Crippen LogP contribution in [0.5, 0.6) is 0 Å². The van der Waals surface area contributed by atoms with E-state index in [0.717, 1.165) is 25.7 Å².